The van der Waals surface area contributed by atoms with Crippen molar-refractivity contribution in [3.05, 3.63) is 59.7 Å². The molecule has 0 fully saturated rings. The van der Waals surface area contributed by atoms with E-state index in [9.17, 15) is 9.59 Å². The molecular weight excluding hydrogens is 266 g/mol. The number of ketones is 1. The SMILES string of the molecule is CC(=O)c1cccc(-c2ccc(C(N)CC(=O)O)cc2)c1. The maximum absolute atomic E-state index is 11.4. The average Bonchev–Trinajstić information content (AvgIpc) is 2.47. The van der Waals surface area contributed by atoms with Crippen molar-refractivity contribution >= 4 is 11.8 Å². The summed E-state index contributed by atoms with van der Waals surface area (Å²) in [7, 11) is 0. The van der Waals surface area contributed by atoms with Crippen LogP contribution in [0, 0.1) is 0 Å². The van der Waals surface area contributed by atoms with Crippen molar-refractivity contribution in [3.8, 4) is 11.1 Å². The van der Waals surface area contributed by atoms with E-state index in [1.165, 1.54) is 6.92 Å². The molecule has 1 unspecified atom stereocenters. The van der Waals surface area contributed by atoms with E-state index in [0.717, 1.165) is 16.7 Å². The number of carboxylic acid groups (broad SMARTS) is 1. The highest BCUT2D eigenvalue weighted by Crippen LogP contribution is 2.23. The van der Waals surface area contributed by atoms with Crippen molar-refractivity contribution in [3.63, 3.8) is 0 Å². The molecule has 0 amide bonds. The molecule has 2 aromatic carbocycles. The third kappa shape index (κ3) is 3.77. The molecule has 0 aliphatic carbocycles. The van der Waals surface area contributed by atoms with Crippen LogP contribution >= 0.6 is 0 Å². The van der Waals surface area contributed by atoms with Crippen LogP contribution in [0.25, 0.3) is 11.1 Å². The van der Waals surface area contributed by atoms with Gasteiger partial charge in [-0.3, -0.25) is 9.59 Å². The molecule has 4 heteroatoms. The third-order valence-corrected chi connectivity index (χ3v) is 3.34. The fraction of sp³-hybridized carbons (Fsp3) is 0.176. The van der Waals surface area contributed by atoms with E-state index in [2.05, 4.69) is 0 Å². The molecule has 3 N–H and O–H groups in total. The van der Waals surface area contributed by atoms with Gasteiger partial charge in [0.05, 0.1) is 6.42 Å². The molecule has 108 valence electrons. The quantitative estimate of drug-likeness (QED) is 0.826. The first-order valence-electron chi connectivity index (χ1n) is 6.66. The van der Waals surface area contributed by atoms with Crippen molar-refractivity contribution in [1.82, 2.24) is 0 Å². The number of carbonyl (C=O) groups is 2. The van der Waals surface area contributed by atoms with Crippen LogP contribution in [-0.4, -0.2) is 16.9 Å². The number of Topliss-reactive ketones (excluding diaryl/α,β-unsaturated/α-hetero) is 1. The molecule has 0 spiro atoms. The first-order valence-corrected chi connectivity index (χ1v) is 6.66. The summed E-state index contributed by atoms with van der Waals surface area (Å²) in [6, 6.07) is 14.3. The number of rotatable bonds is 5. The second-order valence-electron chi connectivity index (χ2n) is 4.96. The van der Waals surface area contributed by atoms with E-state index in [-0.39, 0.29) is 12.2 Å². The first kappa shape index (κ1) is 14.9. The normalized spacial score (nSPS) is 11.9. The van der Waals surface area contributed by atoms with Gasteiger partial charge in [-0.2, -0.15) is 0 Å². The predicted octanol–water partition coefficient (Wildman–Crippen LogP) is 3.03. The number of hydrogen-bond acceptors (Lipinski definition) is 3. The molecule has 21 heavy (non-hydrogen) atoms. The van der Waals surface area contributed by atoms with Gasteiger partial charge in [0.2, 0.25) is 0 Å². The lowest BCUT2D eigenvalue weighted by molar-refractivity contribution is -0.137. The van der Waals surface area contributed by atoms with Crippen molar-refractivity contribution in [2.24, 2.45) is 5.73 Å². The molecule has 0 radical (unpaired) electrons. The molecule has 0 bridgehead atoms. The van der Waals surface area contributed by atoms with Gasteiger partial charge in [-0.25, -0.2) is 0 Å². The number of nitrogens with two attached hydrogens (primary N) is 1. The van der Waals surface area contributed by atoms with Crippen LogP contribution in [0.1, 0.15) is 35.3 Å². The Morgan fingerprint density at radius 1 is 1.10 bits per heavy atom. The molecular formula is C17H17NO3. The van der Waals surface area contributed by atoms with Gasteiger partial charge in [-0.15, -0.1) is 0 Å². The Morgan fingerprint density at radius 3 is 2.33 bits per heavy atom. The van der Waals surface area contributed by atoms with E-state index in [1.807, 2.05) is 42.5 Å². The second-order valence-corrected chi connectivity index (χ2v) is 4.96. The number of benzene rings is 2. The van der Waals surface area contributed by atoms with E-state index in [0.29, 0.717) is 5.56 Å². The Kier molecular flexibility index (Phi) is 4.50. The zero-order valence-corrected chi connectivity index (χ0v) is 11.7. The lowest BCUT2D eigenvalue weighted by Crippen LogP contribution is -2.14. The van der Waals surface area contributed by atoms with Gasteiger partial charge in [0.15, 0.2) is 5.78 Å². The summed E-state index contributed by atoms with van der Waals surface area (Å²) in [6.45, 7) is 1.53. The maximum atomic E-state index is 11.4. The highest BCUT2D eigenvalue weighted by Gasteiger charge is 2.10. The van der Waals surface area contributed by atoms with Crippen LogP contribution in [0.4, 0.5) is 0 Å². The van der Waals surface area contributed by atoms with Crippen molar-refractivity contribution < 1.29 is 14.7 Å². The standard InChI is InChI=1S/C17H17NO3/c1-11(19)14-3-2-4-15(9-14)12-5-7-13(8-6-12)16(18)10-17(20)21/h2-9,16H,10,18H2,1H3,(H,20,21). The smallest absolute Gasteiger partial charge is 0.305 e. The predicted molar refractivity (Wildman–Crippen MR) is 81.1 cm³/mol. The summed E-state index contributed by atoms with van der Waals surface area (Å²) in [5, 5.41) is 8.75. The highest BCUT2D eigenvalue weighted by atomic mass is 16.4. The Labute approximate surface area is 123 Å². The summed E-state index contributed by atoms with van der Waals surface area (Å²) < 4.78 is 0. The number of aliphatic carboxylic acids is 1. The van der Waals surface area contributed by atoms with Gasteiger partial charge in [0, 0.05) is 11.6 Å². The van der Waals surface area contributed by atoms with Crippen LogP contribution in [-0.2, 0) is 4.79 Å². The maximum Gasteiger partial charge on any atom is 0.305 e. The third-order valence-electron chi connectivity index (χ3n) is 3.34. The van der Waals surface area contributed by atoms with Gasteiger partial charge in [0.1, 0.15) is 0 Å². The first-order chi connectivity index (χ1) is 9.97. The van der Waals surface area contributed by atoms with E-state index in [4.69, 9.17) is 10.8 Å². The summed E-state index contributed by atoms with van der Waals surface area (Å²) in [6.07, 6.45) is -0.0980. The van der Waals surface area contributed by atoms with Gasteiger partial charge in [-0.1, -0.05) is 42.5 Å². The number of carboxylic acids is 1. The van der Waals surface area contributed by atoms with Crippen molar-refractivity contribution in [2.75, 3.05) is 0 Å². The molecule has 1 atom stereocenters. The van der Waals surface area contributed by atoms with E-state index < -0.39 is 12.0 Å². The molecule has 0 aliphatic rings. The topological polar surface area (TPSA) is 80.4 Å². The molecule has 0 saturated carbocycles. The van der Waals surface area contributed by atoms with Crippen molar-refractivity contribution in [2.45, 2.75) is 19.4 Å². The van der Waals surface area contributed by atoms with Crippen LogP contribution in [0.15, 0.2) is 48.5 Å². The molecule has 0 aliphatic heterocycles. The molecule has 4 nitrogen and oxygen atoms in total. The zero-order chi connectivity index (χ0) is 15.4. The Hall–Kier alpha value is -2.46. The van der Waals surface area contributed by atoms with E-state index in [1.54, 1.807) is 6.07 Å². The summed E-state index contributed by atoms with van der Waals surface area (Å²) in [4.78, 5) is 22.1. The fourth-order valence-electron chi connectivity index (χ4n) is 2.15. The minimum Gasteiger partial charge on any atom is -0.481 e. The van der Waals surface area contributed by atoms with Crippen LogP contribution in [0.2, 0.25) is 0 Å². The van der Waals surface area contributed by atoms with Crippen molar-refractivity contribution in [1.29, 1.82) is 0 Å². The Bertz CT molecular complexity index is 662. The van der Waals surface area contributed by atoms with E-state index >= 15 is 0 Å². The highest BCUT2D eigenvalue weighted by molar-refractivity contribution is 5.95. The number of hydrogen-bond donors (Lipinski definition) is 2. The lowest BCUT2D eigenvalue weighted by Gasteiger charge is -2.10. The zero-order valence-electron chi connectivity index (χ0n) is 11.7. The molecule has 0 aromatic heterocycles. The Morgan fingerprint density at radius 2 is 1.76 bits per heavy atom. The molecule has 0 heterocycles. The van der Waals surface area contributed by atoms with Gasteiger partial charge < -0.3 is 10.8 Å². The number of carbonyl (C=O) groups excluding carboxylic acids is 1. The van der Waals surface area contributed by atoms with Crippen LogP contribution < -0.4 is 5.73 Å². The van der Waals surface area contributed by atoms with Crippen LogP contribution in [0.3, 0.4) is 0 Å². The molecule has 2 aromatic rings. The van der Waals surface area contributed by atoms with Gasteiger partial charge >= 0.3 is 5.97 Å². The summed E-state index contributed by atoms with van der Waals surface area (Å²) in [5.41, 5.74) is 9.18. The summed E-state index contributed by atoms with van der Waals surface area (Å²) in [5.74, 6) is -0.891. The fourth-order valence-corrected chi connectivity index (χ4v) is 2.15. The second kappa shape index (κ2) is 6.33. The minimum atomic E-state index is -0.916. The van der Waals surface area contributed by atoms with Gasteiger partial charge in [0.25, 0.3) is 0 Å². The largest absolute Gasteiger partial charge is 0.481 e. The molecule has 2 rings (SSSR count). The van der Waals surface area contributed by atoms with Crippen LogP contribution in [0.5, 0.6) is 0 Å². The minimum absolute atomic E-state index is 0.0250. The Balaban J connectivity index is 2.24. The monoisotopic (exact) mass is 283 g/mol. The molecule has 0 saturated heterocycles. The summed E-state index contributed by atoms with van der Waals surface area (Å²) >= 11 is 0. The lowest BCUT2D eigenvalue weighted by atomic mass is 9.98. The average molecular weight is 283 g/mol. The van der Waals surface area contributed by atoms with Gasteiger partial charge in [-0.05, 0) is 29.7 Å².